The largest absolute Gasteiger partial charge is 0.483 e. The van der Waals surface area contributed by atoms with E-state index in [1.807, 2.05) is 0 Å². The summed E-state index contributed by atoms with van der Waals surface area (Å²) in [5.74, 6) is 0.00109. The summed E-state index contributed by atoms with van der Waals surface area (Å²) in [6.07, 6.45) is 3.31. The van der Waals surface area contributed by atoms with Crippen LogP contribution in [0, 0.1) is 0 Å². The average Bonchev–Trinajstić information content (AvgIpc) is 3.04. The number of carbonyl (C=O) groups excluding carboxylic acids is 1. The second-order valence-electron chi connectivity index (χ2n) is 4.15. The van der Waals surface area contributed by atoms with E-state index in [2.05, 4.69) is 20.7 Å². The minimum atomic E-state index is -0.287. The van der Waals surface area contributed by atoms with E-state index in [9.17, 15) is 4.79 Å². The van der Waals surface area contributed by atoms with Crippen molar-refractivity contribution < 1.29 is 14.7 Å². The standard InChI is InChI=1S/C13H15N5O3/c14-13(18-20)10-3-1-2-4-11(10)21-8-12(19)15-5-9-6-16-17-7-9/h1-4,6-7,20H,5,8H2,(H2,14,18)(H,15,19)(H,16,17). The summed E-state index contributed by atoms with van der Waals surface area (Å²) in [5.41, 5.74) is 6.81. The van der Waals surface area contributed by atoms with Crippen LogP contribution in [0.2, 0.25) is 0 Å². The number of amidine groups is 1. The van der Waals surface area contributed by atoms with E-state index in [0.29, 0.717) is 17.9 Å². The highest BCUT2D eigenvalue weighted by Gasteiger charge is 2.09. The number of rotatable bonds is 6. The number of aromatic amines is 1. The van der Waals surface area contributed by atoms with Crippen LogP contribution in [0.5, 0.6) is 5.75 Å². The second-order valence-corrected chi connectivity index (χ2v) is 4.15. The average molecular weight is 289 g/mol. The number of carbonyl (C=O) groups is 1. The zero-order valence-electron chi connectivity index (χ0n) is 11.1. The third-order valence-corrected chi connectivity index (χ3v) is 2.67. The summed E-state index contributed by atoms with van der Waals surface area (Å²) in [5, 5.41) is 20.7. The first-order valence-electron chi connectivity index (χ1n) is 6.15. The molecule has 0 bridgehead atoms. The summed E-state index contributed by atoms with van der Waals surface area (Å²) in [6, 6.07) is 6.72. The number of nitrogens with one attached hydrogen (secondary N) is 2. The molecule has 0 unspecified atom stereocenters. The SMILES string of the molecule is NC(=NO)c1ccccc1OCC(=O)NCc1cn[nH]c1. The molecule has 1 amide bonds. The Balaban J connectivity index is 1.89. The lowest BCUT2D eigenvalue weighted by Gasteiger charge is -2.10. The van der Waals surface area contributed by atoms with Gasteiger partial charge in [0.15, 0.2) is 12.4 Å². The minimum Gasteiger partial charge on any atom is -0.483 e. The monoisotopic (exact) mass is 289 g/mol. The number of ether oxygens (including phenoxy) is 1. The van der Waals surface area contributed by atoms with Crippen molar-refractivity contribution in [2.75, 3.05) is 6.61 Å². The van der Waals surface area contributed by atoms with Gasteiger partial charge in [-0.05, 0) is 12.1 Å². The molecule has 21 heavy (non-hydrogen) atoms. The van der Waals surface area contributed by atoms with Gasteiger partial charge in [-0.1, -0.05) is 17.3 Å². The molecule has 1 heterocycles. The Kier molecular flexibility index (Phi) is 4.75. The normalized spacial score (nSPS) is 11.1. The molecule has 0 aliphatic heterocycles. The molecule has 110 valence electrons. The lowest BCUT2D eigenvalue weighted by atomic mass is 10.2. The zero-order valence-corrected chi connectivity index (χ0v) is 11.1. The van der Waals surface area contributed by atoms with Crippen LogP contribution >= 0.6 is 0 Å². The highest BCUT2D eigenvalue weighted by atomic mass is 16.5. The Morgan fingerprint density at radius 3 is 3.00 bits per heavy atom. The maximum Gasteiger partial charge on any atom is 0.258 e. The Bertz CT molecular complexity index is 624. The van der Waals surface area contributed by atoms with Crippen LogP contribution in [0.15, 0.2) is 41.8 Å². The third-order valence-electron chi connectivity index (χ3n) is 2.67. The predicted molar refractivity (Wildman–Crippen MR) is 74.9 cm³/mol. The van der Waals surface area contributed by atoms with Gasteiger partial charge in [0, 0.05) is 18.3 Å². The van der Waals surface area contributed by atoms with Gasteiger partial charge in [0.05, 0.1) is 11.8 Å². The number of hydrogen-bond acceptors (Lipinski definition) is 5. The fourth-order valence-electron chi connectivity index (χ4n) is 1.63. The highest BCUT2D eigenvalue weighted by molar-refractivity contribution is 5.99. The van der Waals surface area contributed by atoms with Crippen molar-refractivity contribution in [3.63, 3.8) is 0 Å². The van der Waals surface area contributed by atoms with Gasteiger partial charge in [-0.2, -0.15) is 5.10 Å². The van der Waals surface area contributed by atoms with Gasteiger partial charge in [-0.25, -0.2) is 0 Å². The van der Waals surface area contributed by atoms with E-state index >= 15 is 0 Å². The van der Waals surface area contributed by atoms with Crippen LogP contribution in [0.4, 0.5) is 0 Å². The molecular formula is C13H15N5O3. The molecule has 0 fully saturated rings. The van der Waals surface area contributed by atoms with Crippen LogP contribution in [-0.4, -0.2) is 33.8 Å². The van der Waals surface area contributed by atoms with Gasteiger partial charge in [0.2, 0.25) is 0 Å². The van der Waals surface area contributed by atoms with Crippen molar-refractivity contribution in [3.8, 4) is 5.75 Å². The van der Waals surface area contributed by atoms with Crippen LogP contribution in [0.25, 0.3) is 0 Å². The number of nitrogens with zero attached hydrogens (tertiary/aromatic N) is 2. The molecule has 0 saturated heterocycles. The third kappa shape index (κ3) is 3.96. The summed E-state index contributed by atoms with van der Waals surface area (Å²) in [6.45, 7) is 0.189. The van der Waals surface area contributed by atoms with E-state index in [0.717, 1.165) is 5.56 Å². The topological polar surface area (TPSA) is 126 Å². The Labute approximate surface area is 120 Å². The number of H-pyrrole nitrogens is 1. The van der Waals surface area contributed by atoms with Gasteiger partial charge in [0.1, 0.15) is 5.75 Å². The van der Waals surface area contributed by atoms with Crippen LogP contribution in [0.3, 0.4) is 0 Å². The van der Waals surface area contributed by atoms with Crippen molar-refractivity contribution in [2.24, 2.45) is 10.9 Å². The van der Waals surface area contributed by atoms with Gasteiger partial charge >= 0.3 is 0 Å². The number of para-hydroxylation sites is 1. The van der Waals surface area contributed by atoms with Gasteiger partial charge in [-0.3, -0.25) is 9.89 Å². The predicted octanol–water partition coefficient (Wildman–Crippen LogP) is 0.199. The minimum absolute atomic E-state index is 0.0793. The Hall–Kier alpha value is -3.03. The van der Waals surface area contributed by atoms with Gasteiger partial charge < -0.3 is 21.0 Å². The number of nitrogens with two attached hydrogens (primary N) is 1. The lowest BCUT2D eigenvalue weighted by molar-refractivity contribution is -0.123. The van der Waals surface area contributed by atoms with Crippen molar-refractivity contribution in [3.05, 3.63) is 47.8 Å². The van der Waals surface area contributed by atoms with Gasteiger partial charge in [0.25, 0.3) is 5.91 Å². The van der Waals surface area contributed by atoms with Gasteiger partial charge in [-0.15, -0.1) is 0 Å². The molecule has 0 atom stereocenters. The molecule has 1 aromatic heterocycles. The summed E-state index contributed by atoms with van der Waals surface area (Å²) in [7, 11) is 0. The molecule has 5 N–H and O–H groups in total. The summed E-state index contributed by atoms with van der Waals surface area (Å²) < 4.78 is 5.38. The number of oxime groups is 1. The molecule has 2 aromatic rings. The summed E-state index contributed by atoms with van der Waals surface area (Å²) >= 11 is 0. The van der Waals surface area contributed by atoms with Crippen LogP contribution in [-0.2, 0) is 11.3 Å². The number of hydrogen-bond donors (Lipinski definition) is 4. The quantitative estimate of drug-likeness (QED) is 0.261. The number of aromatic nitrogens is 2. The fraction of sp³-hybridized carbons (Fsp3) is 0.154. The van der Waals surface area contributed by atoms with Crippen molar-refractivity contribution >= 4 is 11.7 Å². The van der Waals surface area contributed by atoms with Crippen LogP contribution < -0.4 is 15.8 Å². The van der Waals surface area contributed by atoms with E-state index in [4.69, 9.17) is 15.7 Å². The Morgan fingerprint density at radius 1 is 1.48 bits per heavy atom. The number of amides is 1. The first-order chi connectivity index (χ1) is 10.2. The molecule has 1 aromatic carbocycles. The van der Waals surface area contributed by atoms with E-state index in [1.165, 1.54) is 0 Å². The molecular weight excluding hydrogens is 274 g/mol. The first-order valence-corrected chi connectivity index (χ1v) is 6.15. The van der Waals surface area contributed by atoms with E-state index in [-0.39, 0.29) is 18.3 Å². The molecule has 0 radical (unpaired) electrons. The van der Waals surface area contributed by atoms with E-state index < -0.39 is 0 Å². The van der Waals surface area contributed by atoms with Crippen molar-refractivity contribution in [1.29, 1.82) is 0 Å². The van der Waals surface area contributed by atoms with Crippen molar-refractivity contribution in [2.45, 2.75) is 6.54 Å². The Morgan fingerprint density at radius 2 is 2.29 bits per heavy atom. The molecule has 8 heteroatoms. The molecule has 0 aliphatic carbocycles. The molecule has 2 rings (SSSR count). The zero-order chi connectivity index (χ0) is 15.1. The van der Waals surface area contributed by atoms with Crippen LogP contribution in [0.1, 0.15) is 11.1 Å². The summed E-state index contributed by atoms with van der Waals surface area (Å²) in [4.78, 5) is 11.7. The molecule has 0 spiro atoms. The smallest absolute Gasteiger partial charge is 0.258 e. The van der Waals surface area contributed by atoms with Crippen molar-refractivity contribution in [1.82, 2.24) is 15.5 Å². The maximum atomic E-state index is 11.7. The lowest BCUT2D eigenvalue weighted by Crippen LogP contribution is -2.28. The fourth-order valence-corrected chi connectivity index (χ4v) is 1.63. The highest BCUT2D eigenvalue weighted by Crippen LogP contribution is 2.17. The number of benzene rings is 1. The molecule has 0 aliphatic rings. The second kappa shape index (κ2) is 6.94. The molecule has 0 saturated carbocycles. The molecule has 8 nitrogen and oxygen atoms in total. The maximum absolute atomic E-state index is 11.7. The van der Waals surface area contributed by atoms with E-state index in [1.54, 1.807) is 36.7 Å². The first kappa shape index (κ1) is 14.4.